The molecule has 1 N–H and O–H groups in total. The average molecular weight is 458 g/mol. The lowest BCUT2D eigenvalue weighted by molar-refractivity contribution is 0.0227. The quantitative estimate of drug-likeness (QED) is 0.516. The van der Waals surface area contributed by atoms with Gasteiger partial charge in [0.2, 0.25) is 0 Å². The topological polar surface area (TPSA) is 58.2 Å². The molecule has 1 atom stereocenters. The number of ether oxygens (including phenoxy) is 1. The predicted molar refractivity (Wildman–Crippen MR) is 120 cm³/mol. The van der Waals surface area contributed by atoms with Crippen LogP contribution in [-0.4, -0.2) is 39.1 Å². The van der Waals surface area contributed by atoms with Crippen molar-refractivity contribution in [2.24, 2.45) is 0 Å². The molecule has 2 heterocycles. The molecule has 1 amide bonds. The number of carbonyl (C=O) groups is 1. The van der Waals surface area contributed by atoms with E-state index in [4.69, 9.17) is 4.74 Å². The number of hydrogen-bond acceptors (Lipinski definition) is 3. The highest BCUT2D eigenvalue weighted by molar-refractivity contribution is 9.10. The Morgan fingerprint density at radius 1 is 1.24 bits per heavy atom. The summed E-state index contributed by atoms with van der Waals surface area (Å²) < 4.78 is 6.55. The van der Waals surface area contributed by atoms with Gasteiger partial charge in [0.05, 0.1) is 17.4 Å². The van der Waals surface area contributed by atoms with Crippen LogP contribution in [0, 0.1) is 0 Å². The fourth-order valence-electron chi connectivity index (χ4n) is 3.40. The third-order valence-corrected chi connectivity index (χ3v) is 5.19. The second-order valence-electron chi connectivity index (χ2n) is 8.22. The van der Waals surface area contributed by atoms with Crippen molar-refractivity contribution in [3.05, 3.63) is 64.9 Å². The number of aromatic nitrogens is 2. The monoisotopic (exact) mass is 457 g/mol. The Hall–Kier alpha value is -2.34. The maximum absolute atomic E-state index is 12.2. The van der Waals surface area contributed by atoms with Crippen LogP contribution >= 0.6 is 15.9 Å². The number of halogens is 1. The molecule has 6 heteroatoms. The normalized spacial score (nSPS) is 16.4. The van der Waals surface area contributed by atoms with Gasteiger partial charge < -0.3 is 14.6 Å². The minimum Gasteiger partial charge on any atom is -0.444 e. The van der Waals surface area contributed by atoms with Gasteiger partial charge in [-0.15, -0.1) is 0 Å². The first-order valence-electron chi connectivity index (χ1n) is 9.94. The number of benzene rings is 2. The van der Waals surface area contributed by atoms with Crippen molar-refractivity contribution in [2.45, 2.75) is 51.7 Å². The number of carbonyl (C=O) groups excluding carboxylic acids is 1. The van der Waals surface area contributed by atoms with Crippen molar-refractivity contribution in [1.29, 1.82) is 0 Å². The van der Waals surface area contributed by atoms with Crippen LogP contribution in [0.2, 0.25) is 0 Å². The number of nitrogens with one attached hydrogen (secondary N) is 1. The third-order valence-electron chi connectivity index (χ3n) is 4.70. The molecule has 29 heavy (non-hydrogen) atoms. The van der Waals surface area contributed by atoms with E-state index in [0.29, 0.717) is 0 Å². The summed E-state index contributed by atoms with van der Waals surface area (Å²) in [5.74, 6) is 0. The van der Waals surface area contributed by atoms with E-state index in [-0.39, 0.29) is 12.1 Å². The van der Waals surface area contributed by atoms with E-state index in [0.717, 1.165) is 41.3 Å². The number of H-pyrrole nitrogens is 1. The van der Waals surface area contributed by atoms with Crippen LogP contribution in [-0.2, 0) is 11.2 Å². The molecule has 1 unspecified atom stereocenters. The Labute approximate surface area is 180 Å². The molecule has 154 valence electrons. The molecule has 5 nitrogen and oxygen atoms in total. The molecule has 1 aliphatic heterocycles. The Bertz CT molecular complexity index is 934. The molecular formula is C23H28BrN3O2. The molecule has 1 aromatic heterocycles. The Balaban J connectivity index is 0.000000200. The van der Waals surface area contributed by atoms with Crippen molar-refractivity contribution in [3.8, 4) is 0 Å². The lowest BCUT2D eigenvalue weighted by Crippen LogP contribution is -2.40. The van der Waals surface area contributed by atoms with Gasteiger partial charge >= 0.3 is 6.09 Å². The average Bonchev–Trinajstić information content (AvgIpc) is 3.30. The SMILES string of the molecule is Brc1ccc2nc[nH]c2c1.CC(C)(C)OC(=O)N1CCCC1Cc1ccccc1. The van der Waals surface area contributed by atoms with Gasteiger partial charge in [-0.3, -0.25) is 0 Å². The summed E-state index contributed by atoms with van der Waals surface area (Å²) in [4.78, 5) is 21.2. The lowest BCUT2D eigenvalue weighted by atomic mass is 10.0. The number of imidazole rings is 1. The van der Waals surface area contributed by atoms with Gasteiger partial charge in [-0.25, -0.2) is 9.78 Å². The van der Waals surface area contributed by atoms with Gasteiger partial charge in [-0.1, -0.05) is 46.3 Å². The number of likely N-dealkylation sites (tertiary alicyclic amines) is 1. The molecule has 4 rings (SSSR count). The summed E-state index contributed by atoms with van der Waals surface area (Å²) in [6.45, 7) is 6.54. The lowest BCUT2D eigenvalue weighted by Gasteiger charge is -2.28. The van der Waals surface area contributed by atoms with E-state index >= 15 is 0 Å². The molecule has 0 radical (unpaired) electrons. The van der Waals surface area contributed by atoms with E-state index < -0.39 is 5.60 Å². The maximum Gasteiger partial charge on any atom is 0.410 e. The molecule has 2 aromatic carbocycles. The van der Waals surface area contributed by atoms with Crippen LogP contribution in [0.3, 0.4) is 0 Å². The smallest absolute Gasteiger partial charge is 0.410 e. The first-order valence-corrected chi connectivity index (χ1v) is 10.7. The van der Waals surface area contributed by atoms with Crippen molar-refractivity contribution in [2.75, 3.05) is 6.54 Å². The zero-order valence-corrected chi connectivity index (χ0v) is 18.8. The van der Waals surface area contributed by atoms with Crippen molar-refractivity contribution in [1.82, 2.24) is 14.9 Å². The van der Waals surface area contributed by atoms with Gasteiger partial charge in [0, 0.05) is 17.1 Å². The largest absolute Gasteiger partial charge is 0.444 e. The van der Waals surface area contributed by atoms with Crippen molar-refractivity contribution >= 4 is 33.1 Å². The molecule has 0 saturated carbocycles. The molecule has 0 spiro atoms. The Morgan fingerprint density at radius 2 is 2.00 bits per heavy atom. The van der Waals surface area contributed by atoms with Gasteiger partial charge in [0.1, 0.15) is 5.60 Å². The van der Waals surface area contributed by atoms with Gasteiger partial charge in [0.25, 0.3) is 0 Å². The zero-order valence-electron chi connectivity index (χ0n) is 17.2. The van der Waals surface area contributed by atoms with Crippen LogP contribution in [0.15, 0.2) is 59.3 Å². The first kappa shape index (κ1) is 21.4. The highest BCUT2D eigenvalue weighted by Gasteiger charge is 2.31. The predicted octanol–water partition coefficient (Wildman–Crippen LogP) is 5.95. The van der Waals surface area contributed by atoms with E-state index in [1.165, 1.54) is 5.56 Å². The number of hydrogen-bond donors (Lipinski definition) is 1. The van der Waals surface area contributed by atoms with Crippen LogP contribution in [0.1, 0.15) is 39.2 Å². The van der Waals surface area contributed by atoms with Gasteiger partial charge in [-0.05, 0) is 63.8 Å². The highest BCUT2D eigenvalue weighted by atomic mass is 79.9. The number of rotatable bonds is 2. The number of fused-ring (bicyclic) bond motifs is 1. The third kappa shape index (κ3) is 6.32. The van der Waals surface area contributed by atoms with Gasteiger partial charge in [-0.2, -0.15) is 0 Å². The summed E-state index contributed by atoms with van der Waals surface area (Å²) in [5, 5.41) is 0. The van der Waals surface area contributed by atoms with Crippen LogP contribution < -0.4 is 0 Å². The van der Waals surface area contributed by atoms with E-state index in [1.807, 2.05) is 62.1 Å². The summed E-state index contributed by atoms with van der Waals surface area (Å²) in [6, 6.07) is 16.6. The molecule has 1 fully saturated rings. The molecule has 3 aromatic rings. The molecule has 0 bridgehead atoms. The van der Waals surface area contributed by atoms with E-state index in [9.17, 15) is 4.79 Å². The zero-order chi connectivity index (χ0) is 20.9. The first-order chi connectivity index (χ1) is 13.8. The fraction of sp³-hybridized carbons (Fsp3) is 0.391. The molecule has 0 aliphatic carbocycles. The molecular weight excluding hydrogens is 430 g/mol. The Kier molecular flexibility index (Phi) is 6.96. The highest BCUT2D eigenvalue weighted by Crippen LogP contribution is 2.23. The van der Waals surface area contributed by atoms with Crippen LogP contribution in [0.4, 0.5) is 4.79 Å². The van der Waals surface area contributed by atoms with Crippen LogP contribution in [0.5, 0.6) is 0 Å². The maximum atomic E-state index is 12.2. The summed E-state index contributed by atoms with van der Waals surface area (Å²) in [5.41, 5.74) is 2.93. The minimum absolute atomic E-state index is 0.175. The minimum atomic E-state index is -0.420. The van der Waals surface area contributed by atoms with Crippen molar-refractivity contribution in [3.63, 3.8) is 0 Å². The summed E-state index contributed by atoms with van der Waals surface area (Å²) >= 11 is 3.37. The number of nitrogens with zero attached hydrogens (tertiary/aromatic N) is 2. The standard InChI is InChI=1S/C16H23NO2.C7H5BrN2/c1-16(2,3)19-15(18)17-11-7-10-14(17)12-13-8-5-4-6-9-13;8-5-1-2-6-7(3-5)10-4-9-6/h4-6,8-9,14H,7,10-12H2,1-3H3;1-4H,(H,9,10). The molecule has 1 saturated heterocycles. The van der Waals surface area contributed by atoms with Crippen molar-refractivity contribution < 1.29 is 9.53 Å². The van der Waals surface area contributed by atoms with Gasteiger partial charge in [0.15, 0.2) is 0 Å². The number of aromatic amines is 1. The van der Waals surface area contributed by atoms with Crippen LogP contribution in [0.25, 0.3) is 11.0 Å². The number of amides is 1. The molecule has 1 aliphatic rings. The van der Waals surface area contributed by atoms with E-state index in [2.05, 4.69) is 38.0 Å². The second-order valence-corrected chi connectivity index (χ2v) is 9.14. The second kappa shape index (κ2) is 9.44. The Morgan fingerprint density at radius 3 is 2.72 bits per heavy atom. The van der Waals surface area contributed by atoms with E-state index in [1.54, 1.807) is 6.33 Å². The summed E-state index contributed by atoms with van der Waals surface area (Å²) in [7, 11) is 0. The summed E-state index contributed by atoms with van der Waals surface area (Å²) in [6.07, 6.45) is 4.56. The fourth-order valence-corrected chi connectivity index (χ4v) is 3.76.